The van der Waals surface area contributed by atoms with Crippen LogP contribution in [0, 0.1) is 0 Å². The van der Waals surface area contributed by atoms with Gasteiger partial charge in [0.2, 0.25) is 0 Å². The molecule has 2 aromatic rings. The van der Waals surface area contributed by atoms with Crippen LogP contribution >= 0.6 is 23.4 Å². The van der Waals surface area contributed by atoms with Crippen molar-refractivity contribution in [2.45, 2.75) is 23.3 Å². The predicted molar refractivity (Wildman–Crippen MR) is 77.2 cm³/mol. The number of nitrogens with one attached hydrogen (secondary N) is 1. The smallest absolute Gasteiger partial charge is 0.0462 e. The summed E-state index contributed by atoms with van der Waals surface area (Å²) in [5, 5.41) is 4.14. The minimum Gasteiger partial charge on any atom is -0.313 e. The number of halogens is 1. The van der Waals surface area contributed by atoms with Crippen molar-refractivity contribution in [2.75, 3.05) is 6.54 Å². The molecular weight excluding hydrogens is 264 g/mol. The summed E-state index contributed by atoms with van der Waals surface area (Å²) < 4.78 is 0. The minimum absolute atomic E-state index is 0.795. The summed E-state index contributed by atoms with van der Waals surface area (Å²) in [7, 11) is 0. The lowest BCUT2D eigenvalue weighted by Crippen LogP contribution is -2.12. The summed E-state index contributed by atoms with van der Waals surface area (Å²) in [5.74, 6) is 0. The van der Waals surface area contributed by atoms with E-state index in [-0.39, 0.29) is 0 Å². The maximum atomic E-state index is 6.27. The van der Waals surface area contributed by atoms with Gasteiger partial charge >= 0.3 is 0 Å². The number of aromatic nitrogens is 1. The molecule has 0 aliphatic carbocycles. The predicted octanol–water partition coefficient (Wildman–Crippen LogP) is 4.00. The Hall–Kier alpha value is -1.03. The van der Waals surface area contributed by atoms with E-state index in [1.807, 2.05) is 24.3 Å². The molecule has 0 saturated heterocycles. The summed E-state index contributed by atoms with van der Waals surface area (Å²) in [6, 6.07) is 10.0. The van der Waals surface area contributed by atoms with Gasteiger partial charge in [0.1, 0.15) is 0 Å². The monoisotopic (exact) mass is 278 g/mol. The van der Waals surface area contributed by atoms with Crippen LogP contribution in [0.2, 0.25) is 5.02 Å². The van der Waals surface area contributed by atoms with Gasteiger partial charge in [0.05, 0.1) is 0 Å². The van der Waals surface area contributed by atoms with Crippen LogP contribution in [0.25, 0.3) is 0 Å². The molecule has 0 aliphatic rings. The molecular formula is C14H15ClN2S. The van der Waals surface area contributed by atoms with Gasteiger partial charge in [-0.3, -0.25) is 4.98 Å². The highest BCUT2D eigenvalue weighted by atomic mass is 35.5. The summed E-state index contributed by atoms with van der Waals surface area (Å²) in [6.07, 6.45) is 3.60. The normalized spacial score (nSPS) is 10.6. The molecule has 0 spiro atoms. The summed E-state index contributed by atoms with van der Waals surface area (Å²) in [6.45, 7) is 3.82. The van der Waals surface area contributed by atoms with Crippen LogP contribution in [0.3, 0.4) is 0 Å². The van der Waals surface area contributed by atoms with E-state index in [2.05, 4.69) is 23.3 Å². The van der Waals surface area contributed by atoms with Crippen LogP contribution in [-0.4, -0.2) is 11.5 Å². The Labute approximate surface area is 117 Å². The first-order valence-electron chi connectivity index (χ1n) is 5.87. The Morgan fingerprint density at radius 1 is 1.22 bits per heavy atom. The van der Waals surface area contributed by atoms with Gasteiger partial charge in [-0.2, -0.15) is 0 Å². The molecule has 18 heavy (non-hydrogen) atoms. The second-order valence-electron chi connectivity index (χ2n) is 3.78. The number of benzene rings is 1. The zero-order valence-electron chi connectivity index (χ0n) is 10.2. The van der Waals surface area contributed by atoms with Gasteiger partial charge in [0.25, 0.3) is 0 Å². The SMILES string of the molecule is CCNCc1c(Cl)cccc1Sc1ccncc1. The van der Waals surface area contributed by atoms with Gasteiger partial charge in [-0.1, -0.05) is 36.4 Å². The van der Waals surface area contributed by atoms with Gasteiger partial charge in [-0.15, -0.1) is 0 Å². The fourth-order valence-corrected chi connectivity index (χ4v) is 2.85. The number of rotatable bonds is 5. The number of pyridine rings is 1. The van der Waals surface area contributed by atoms with E-state index in [1.165, 1.54) is 9.79 Å². The first-order chi connectivity index (χ1) is 8.81. The molecule has 0 aliphatic heterocycles. The average molecular weight is 279 g/mol. The van der Waals surface area contributed by atoms with Crippen LogP contribution in [0.15, 0.2) is 52.5 Å². The van der Waals surface area contributed by atoms with Crippen molar-refractivity contribution in [1.82, 2.24) is 10.3 Å². The second kappa shape index (κ2) is 6.78. The van der Waals surface area contributed by atoms with Crippen molar-refractivity contribution in [1.29, 1.82) is 0 Å². The topological polar surface area (TPSA) is 24.9 Å². The third-order valence-corrected chi connectivity index (χ3v) is 3.97. The Bertz CT molecular complexity index is 502. The summed E-state index contributed by atoms with van der Waals surface area (Å²) >= 11 is 7.98. The molecule has 0 fully saturated rings. The van der Waals surface area contributed by atoms with E-state index in [0.717, 1.165) is 23.7 Å². The zero-order valence-corrected chi connectivity index (χ0v) is 11.8. The molecule has 0 amide bonds. The fourth-order valence-electron chi connectivity index (χ4n) is 1.59. The van der Waals surface area contributed by atoms with E-state index in [4.69, 9.17) is 11.6 Å². The lowest BCUT2D eigenvalue weighted by atomic mass is 10.2. The maximum absolute atomic E-state index is 6.27. The molecule has 0 bridgehead atoms. The summed E-state index contributed by atoms with van der Waals surface area (Å²) in [5.41, 5.74) is 1.16. The van der Waals surface area contributed by atoms with Crippen LogP contribution in [0.4, 0.5) is 0 Å². The highest BCUT2D eigenvalue weighted by molar-refractivity contribution is 7.99. The fraction of sp³-hybridized carbons (Fsp3) is 0.214. The quantitative estimate of drug-likeness (QED) is 0.895. The highest BCUT2D eigenvalue weighted by Gasteiger charge is 2.07. The van der Waals surface area contributed by atoms with Gasteiger partial charge in [0, 0.05) is 33.8 Å². The van der Waals surface area contributed by atoms with E-state index >= 15 is 0 Å². The zero-order chi connectivity index (χ0) is 12.8. The standard InChI is InChI=1S/C14H15ClN2S/c1-2-16-10-12-13(15)4-3-5-14(12)18-11-6-8-17-9-7-11/h3-9,16H,2,10H2,1H3. The van der Waals surface area contributed by atoms with Crippen LogP contribution in [0.5, 0.6) is 0 Å². The Balaban J connectivity index is 2.24. The molecule has 1 aromatic carbocycles. The largest absolute Gasteiger partial charge is 0.313 e. The third-order valence-electron chi connectivity index (χ3n) is 2.51. The lowest BCUT2D eigenvalue weighted by Gasteiger charge is -2.11. The van der Waals surface area contributed by atoms with Crippen molar-refractivity contribution >= 4 is 23.4 Å². The Morgan fingerprint density at radius 3 is 2.72 bits per heavy atom. The maximum Gasteiger partial charge on any atom is 0.0462 e. The molecule has 94 valence electrons. The molecule has 1 aromatic heterocycles. The molecule has 2 rings (SSSR count). The van der Waals surface area contributed by atoms with Crippen molar-refractivity contribution in [3.8, 4) is 0 Å². The molecule has 0 unspecified atom stereocenters. The van der Waals surface area contributed by atoms with Gasteiger partial charge in [-0.25, -0.2) is 0 Å². The van der Waals surface area contributed by atoms with Crippen LogP contribution in [0.1, 0.15) is 12.5 Å². The summed E-state index contributed by atoms with van der Waals surface area (Å²) in [4.78, 5) is 6.39. The lowest BCUT2D eigenvalue weighted by molar-refractivity contribution is 0.718. The second-order valence-corrected chi connectivity index (χ2v) is 5.30. The van der Waals surface area contributed by atoms with E-state index in [0.29, 0.717) is 0 Å². The average Bonchev–Trinajstić information content (AvgIpc) is 2.39. The van der Waals surface area contributed by atoms with Crippen molar-refractivity contribution in [2.24, 2.45) is 0 Å². The number of nitrogens with zero attached hydrogens (tertiary/aromatic N) is 1. The molecule has 0 atom stereocenters. The number of hydrogen-bond acceptors (Lipinski definition) is 3. The molecule has 1 heterocycles. The van der Waals surface area contributed by atoms with Gasteiger partial charge in [0.15, 0.2) is 0 Å². The highest BCUT2D eigenvalue weighted by Crippen LogP contribution is 2.33. The van der Waals surface area contributed by atoms with Crippen molar-refractivity contribution < 1.29 is 0 Å². The third kappa shape index (κ3) is 3.48. The van der Waals surface area contributed by atoms with Crippen LogP contribution in [-0.2, 0) is 6.54 Å². The molecule has 1 N–H and O–H groups in total. The molecule has 2 nitrogen and oxygen atoms in total. The van der Waals surface area contributed by atoms with E-state index < -0.39 is 0 Å². The Morgan fingerprint density at radius 2 is 2.00 bits per heavy atom. The van der Waals surface area contributed by atoms with Gasteiger partial charge < -0.3 is 5.32 Å². The molecule has 0 radical (unpaired) electrons. The number of hydrogen-bond donors (Lipinski definition) is 1. The van der Waals surface area contributed by atoms with Crippen LogP contribution < -0.4 is 5.32 Å². The first kappa shape index (κ1) is 13.4. The van der Waals surface area contributed by atoms with E-state index in [9.17, 15) is 0 Å². The molecule has 0 saturated carbocycles. The van der Waals surface area contributed by atoms with Crippen molar-refractivity contribution in [3.63, 3.8) is 0 Å². The molecule has 4 heteroatoms. The van der Waals surface area contributed by atoms with E-state index in [1.54, 1.807) is 24.2 Å². The minimum atomic E-state index is 0.795. The van der Waals surface area contributed by atoms with Gasteiger partial charge in [-0.05, 0) is 36.4 Å². The first-order valence-corrected chi connectivity index (χ1v) is 7.06. The van der Waals surface area contributed by atoms with Crippen molar-refractivity contribution in [3.05, 3.63) is 53.3 Å². The Kier molecular flexibility index (Phi) is 5.05.